The summed E-state index contributed by atoms with van der Waals surface area (Å²) in [7, 11) is 0. The van der Waals surface area contributed by atoms with Crippen LogP contribution in [0.1, 0.15) is 27.9 Å². The first-order chi connectivity index (χ1) is 17.5. The van der Waals surface area contributed by atoms with Crippen LogP contribution in [0, 0.1) is 23.1 Å². The zero-order valence-corrected chi connectivity index (χ0v) is 19.4. The predicted molar refractivity (Wildman–Crippen MR) is 133 cm³/mol. The summed E-state index contributed by atoms with van der Waals surface area (Å²) in [5.41, 5.74) is 4.75. The second-order valence-electron chi connectivity index (χ2n) is 8.69. The molecule has 0 radical (unpaired) electrons. The van der Waals surface area contributed by atoms with Gasteiger partial charge in [0.1, 0.15) is 5.82 Å². The number of halogens is 2. The Morgan fingerprint density at radius 3 is 2.75 bits per heavy atom. The summed E-state index contributed by atoms with van der Waals surface area (Å²) >= 11 is 0. The standard InChI is InChI=1S/C28H23F2N5O/c29-22-6-3-19(4-7-22)2-1-12-34-13-10-26-24(18-34)23-14-20(16-31)5-8-25(23)35(26)28(36)33-17-21-9-11-32-27(30)15-21/h1-9,11,14-15H,10,12-13,17-18H2,(H,33,36). The quantitative estimate of drug-likeness (QED) is 0.405. The number of rotatable bonds is 5. The zero-order chi connectivity index (χ0) is 25.1. The van der Waals surface area contributed by atoms with Gasteiger partial charge < -0.3 is 5.32 Å². The highest BCUT2D eigenvalue weighted by molar-refractivity contribution is 5.96. The molecule has 2 aromatic heterocycles. The van der Waals surface area contributed by atoms with Gasteiger partial charge in [-0.15, -0.1) is 0 Å². The van der Waals surface area contributed by atoms with Crippen LogP contribution in [0.25, 0.3) is 17.0 Å². The zero-order valence-electron chi connectivity index (χ0n) is 19.4. The van der Waals surface area contributed by atoms with Crippen molar-refractivity contribution in [3.8, 4) is 6.07 Å². The molecule has 1 amide bonds. The van der Waals surface area contributed by atoms with Crippen LogP contribution < -0.4 is 5.32 Å². The number of aromatic nitrogens is 2. The first kappa shape index (κ1) is 23.4. The van der Waals surface area contributed by atoms with Crippen LogP contribution in [0.3, 0.4) is 0 Å². The van der Waals surface area contributed by atoms with Crippen LogP contribution in [0.5, 0.6) is 0 Å². The van der Waals surface area contributed by atoms with Gasteiger partial charge in [-0.1, -0.05) is 24.3 Å². The minimum atomic E-state index is -0.594. The third-order valence-electron chi connectivity index (χ3n) is 6.34. The summed E-state index contributed by atoms with van der Waals surface area (Å²) in [5.74, 6) is -0.857. The van der Waals surface area contributed by atoms with Gasteiger partial charge in [0.25, 0.3) is 0 Å². The van der Waals surface area contributed by atoms with Crippen molar-refractivity contribution in [3.63, 3.8) is 0 Å². The molecule has 4 aromatic rings. The van der Waals surface area contributed by atoms with Crippen LogP contribution in [0.15, 0.2) is 66.9 Å². The Hall–Kier alpha value is -4.35. The van der Waals surface area contributed by atoms with E-state index >= 15 is 0 Å². The van der Waals surface area contributed by atoms with Crippen molar-refractivity contribution in [1.82, 2.24) is 19.8 Å². The van der Waals surface area contributed by atoms with Crippen LogP contribution >= 0.6 is 0 Å². The van der Waals surface area contributed by atoms with E-state index in [1.807, 2.05) is 18.2 Å². The number of hydrogen-bond acceptors (Lipinski definition) is 4. The Morgan fingerprint density at radius 2 is 1.97 bits per heavy atom. The van der Waals surface area contributed by atoms with Gasteiger partial charge in [0.05, 0.1) is 17.1 Å². The Balaban J connectivity index is 1.39. The highest BCUT2D eigenvalue weighted by Crippen LogP contribution is 2.31. The summed E-state index contributed by atoms with van der Waals surface area (Å²) in [6.45, 7) is 2.25. The van der Waals surface area contributed by atoms with Crippen LogP contribution in [-0.4, -0.2) is 33.6 Å². The van der Waals surface area contributed by atoms with Crippen molar-refractivity contribution in [2.24, 2.45) is 0 Å². The Bertz CT molecular complexity index is 1500. The highest BCUT2D eigenvalue weighted by atomic mass is 19.1. The minimum Gasteiger partial charge on any atom is -0.333 e. The molecule has 0 spiro atoms. The monoisotopic (exact) mass is 483 g/mol. The number of nitriles is 1. The van der Waals surface area contributed by atoms with Gasteiger partial charge >= 0.3 is 6.03 Å². The number of fused-ring (bicyclic) bond motifs is 3. The second kappa shape index (κ2) is 10.1. The third-order valence-corrected chi connectivity index (χ3v) is 6.34. The molecule has 0 fully saturated rings. The number of benzene rings is 2. The van der Waals surface area contributed by atoms with Crippen LogP contribution in [0.2, 0.25) is 0 Å². The van der Waals surface area contributed by atoms with Crippen molar-refractivity contribution in [3.05, 3.63) is 107 Å². The van der Waals surface area contributed by atoms with E-state index in [4.69, 9.17) is 0 Å². The molecule has 2 aromatic carbocycles. The normalized spacial score (nSPS) is 13.6. The van der Waals surface area contributed by atoms with Gasteiger partial charge in [0, 0.05) is 49.9 Å². The molecule has 0 unspecified atom stereocenters. The van der Waals surface area contributed by atoms with E-state index in [2.05, 4.69) is 21.3 Å². The number of pyridine rings is 1. The lowest BCUT2D eigenvalue weighted by molar-refractivity contribution is 0.240. The Kier molecular flexibility index (Phi) is 6.56. The molecule has 8 heteroatoms. The molecule has 0 bridgehead atoms. The summed E-state index contributed by atoms with van der Waals surface area (Å²) in [5, 5.41) is 13.2. The highest BCUT2D eigenvalue weighted by Gasteiger charge is 2.26. The topological polar surface area (TPSA) is 74.0 Å². The third kappa shape index (κ3) is 4.88. The van der Waals surface area contributed by atoms with E-state index in [-0.39, 0.29) is 18.4 Å². The van der Waals surface area contributed by atoms with Gasteiger partial charge in [0.15, 0.2) is 0 Å². The number of carbonyl (C=O) groups excluding carboxylic acids is 1. The molecule has 0 saturated carbocycles. The summed E-state index contributed by atoms with van der Waals surface area (Å²) in [6.07, 6.45) is 6.03. The number of nitrogens with one attached hydrogen (secondary N) is 1. The number of amides is 1. The number of nitrogens with zero attached hydrogens (tertiary/aromatic N) is 4. The molecule has 6 nitrogen and oxygen atoms in total. The van der Waals surface area contributed by atoms with E-state index in [1.165, 1.54) is 24.4 Å². The van der Waals surface area contributed by atoms with E-state index in [0.717, 1.165) is 34.3 Å². The lowest BCUT2D eigenvalue weighted by atomic mass is 10.0. The van der Waals surface area contributed by atoms with E-state index in [1.54, 1.807) is 34.9 Å². The SMILES string of the molecule is N#Cc1ccc2c(c1)c1c(n2C(=O)NCc2ccnc(F)c2)CCN(CC=Cc2ccc(F)cc2)C1. The van der Waals surface area contributed by atoms with Crippen molar-refractivity contribution in [2.45, 2.75) is 19.5 Å². The average molecular weight is 484 g/mol. The Labute approximate surface area is 207 Å². The van der Waals surface area contributed by atoms with Crippen LogP contribution in [-0.2, 0) is 19.5 Å². The van der Waals surface area contributed by atoms with Gasteiger partial charge in [-0.2, -0.15) is 9.65 Å². The van der Waals surface area contributed by atoms with Crippen molar-refractivity contribution >= 4 is 23.0 Å². The molecule has 0 aliphatic carbocycles. The fourth-order valence-corrected chi connectivity index (χ4v) is 4.59. The number of hydrogen-bond donors (Lipinski definition) is 1. The molecule has 1 aliphatic rings. The molecule has 0 saturated heterocycles. The van der Waals surface area contributed by atoms with E-state index in [9.17, 15) is 18.8 Å². The van der Waals surface area contributed by atoms with E-state index < -0.39 is 5.95 Å². The fraction of sp³-hybridized carbons (Fsp3) is 0.179. The number of carbonyl (C=O) groups is 1. The van der Waals surface area contributed by atoms with Gasteiger partial charge in [0.2, 0.25) is 5.95 Å². The van der Waals surface area contributed by atoms with Crippen molar-refractivity contribution in [1.29, 1.82) is 5.26 Å². The minimum absolute atomic E-state index is 0.170. The fourth-order valence-electron chi connectivity index (χ4n) is 4.59. The molecule has 5 rings (SSSR count). The van der Waals surface area contributed by atoms with Crippen molar-refractivity contribution in [2.75, 3.05) is 13.1 Å². The van der Waals surface area contributed by atoms with Gasteiger partial charge in [-0.3, -0.25) is 9.47 Å². The molecule has 0 atom stereocenters. The lowest BCUT2D eigenvalue weighted by Crippen LogP contribution is -2.34. The maximum absolute atomic E-state index is 13.4. The molecule has 36 heavy (non-hydrogen) atoms. The smallest absolute Gasteiger partial charge is 0.326 e. The summed E-state index contributed by atoms with van der Waals surface area (Å²) < 4.78 is 28.2. The van der Waals surface area contributed by atoms with E-state index in [0.29, 0.717) is 30.6 Å². The van der Waals surface area contributed by atoms with Gasteiger partial charge in [-0.05, 0) is 59.2 Å². The first-order valence-corrected chi connectivity index (χ1v) is 11.6. The Morgan fingerprint density at radius 1 is 1.14 bits per heavy atom. The van der Waals surface area contributed by atoms with Gasteiger partial charge in [-0.25, -0.2) is 14.2 Å². The molecule has 3 heterocycles. The van der Waals surface area contributed by atoms with Crippen molar-refractivity contribution < 1.29 is 13.6 Å². The molecular formula is C28H23F2N5O. The lowest BCUT2D eigenvalue weighted by Gasteiger charge is -2.27. The maximum atomic E-state index is 13.4. The molecular weight excluding hydrogens is 460 g/mol. The molecule has 1 aliphatic heterocycles. The predicted octanol–water partition coefficient (Wildman–Crippen LogP) is 5.02. The largest absolute Gasteiger partial charge is 0.333 e. The summed E-state index contributed by atoms with van der Waals surface area (Å²) in [6, 6.07) is 16.5. The maximum Gasteiger partial charge on any atom is 0.326 e. The summed E-state index contributed by atoms with van der Waals surface area (Å²) in [4.78, 5) is 19.1. The van der Waals surface area contributed by atoms with Crippen LogP contribution in [0.4, 0.5) is 13.6 Å². The molecule has 180 valence electrons. The first-order valence-electron chi connectivity index (χ1n) is 11.6. The molecule has 1 N–H and O–H groups in total. The average Bonchev–Trinajstić information content (AvgIpc) is 3.21. The second-order valence-corrected chi connectivity index (χ2v) is 8.69.